The number of carbonyl (C=O) groups is 3. The summed E-state index contributed by atoms with van der Waals surface area (Å²) in [6, 6.07) is 7.71. The lowest BCUT2D eigenvalue weighted by Crippen LogP contribution is -2.52. The molecule has 30 heavy (non-hydrogen) atoms. The van der Waals surface area contributed by atoms with Crippen molar-refractivity contribution in [1.82, 2.24) is 15.1 Å². The van der Waals surface area contributed by atoms with Crippen LogP contribution in [-0.4, -0.2) is 73.3 Å². The van der Waals surface area contributed by atoms with Crippen molar-refractivity contribution in [3.05, 3.63) is 29.3 Å². The Bertz CT molecular complexity index is 739. The van der Waals surface area contributed by atoms with Crippen molar-refractivity contribution in [3.8, 4) is 0 Å². The second kappa shape index (κ2) is 10.7. The molecule has 0 spiro atoms. The summed E-state index contributed by atoms with van der Waals surface area (Å²) >= 11 is 5.94. The van der Waals surface area contributed by atoms with Crippen LogP contribution in [0.25, 0.3) is 0 Å². The molecule has 2 aliphatic heterocycles. The van der Waals surface area contributed by atoms with E-state index in [9.17, 15) is 14.4 Å². The maximum atomic E-state index is 12.5. The van der Waals surface area contributed by atoms with Crippen LogP contribution in [0.4, 0.5) is 5.69 Å². The van der Waals surface area contributed by atoms with Gasteiger partial charge in [-0.05, 0) is 43.5 Å². The zero-order valence-electron chi connectivity index (χ0n) is 17.6. The van der Waals surface area contributed by atoms with Crippen molar-refractivity contribution in [2.24, 2.45) is 5.92 Å². The normalized spacial score (nSPS) is 17.7. The molecule has 1 aromatic carbocycles. The lowest BCUT2D eigenvalue weighted by atomic mass is 9.95. The van der Waals surface area contributed by atoms with Gasteiger partial charge in [-0.25, -0.2) is 0 Å². The van der Waals surface area contributed by atoms with E-state index in [-0.39, 0.29) is 30.2 Å². The SMILES string of the molecule is CCCC(=O)N1CCC(C(=O)NCC(=O)N2CCN(c3ccc(Cl)cc3)CC2)CC1. The van der Waals surface area contributed by atoms with Gasteiger partial charge in [-0.2, -0.15) is 0 Å². The van der Waals surface area contributed by atoms with E-state index in [1.807, 2.05) is 36.1 Å². The molecule has 8 heteroatoms. The van der Waals surface area contributed by atoms with Gasteiger partial charge in [0.1, 0.15) is 0 Å². The predicted octanol–water partition coefficient (Wildman–Crippen LogP) is 2.14. The topological polar surface area (TPSA) is 73.0 Å². The minimum atomic E-state index is -0.120. The minimum Gasteiger partial charge on any atom is -0.368 e. The van der Waals surface area contributed by atoms with Gasteiger partial charge < -0.3 is 20.0 Å². The van der Waals surface area contributed by atoms with Gasteiger partial charge in [-0.3, -0.25) is 14.4 Å². The Kier molecular flexibility index (Phi) is 7.96. The average Bonchev–Trinajstić information content (AvgIpc) is 2.78. The summed E-state index contributed by atoms with van der Waals surface area (Å²) in [5.41, 5.74) is 1.10. The van der Waals surface area contributed by atoms with Gasteiger partial charge in [0, 0.05) is 62.3 Å². The van der Waals surface area contributed by atoms with Crippen LogP contribution in [0.5, 0.6) is 0 Å². The lowest BCUT2D eigenvalue weighted by Gasteiger charge is -2.36. The second-order valence-electron chi connectivity index (χ2n) is 7.97. The monoisotopic (exact) mass is 434 g/mol. The van der Waals surface area contributed by atoms with E-state index in [1.165, 1.54) is 0 Å². The number of piperidine rings is 1. The van der Waals surface area contributed by atoms with Crippen LogP contribution >= 0.6 is 11.6 Å². The molecular weight excluding hydrogens is 404 g/mol. The molecule has 2 aliphatic rings. The number of hydrogen-bond donors (Lipinski definition) is 1. The number of rotatable bonds is 6. The summed E-state index contributed by atoms with van der Waals surface area (Å²) in [7, 11) is 0. The Balaban J connectivity index is 1.37. The summed E-state index contributed by atoms with van der Waals surface area (Å²) in [4.78, 5) is 42.8. The molecule has 0 aliphatic carbocycles. The number of likely N-dealkylation sites (tertiary alicyclic amines) is 1. The van der Waals surface area contributed by atoms with Crippen LogP contribution in [0.1, 0.15) is 32.6 Å². The summed E-state index contributed by atoms with van der Waals surface area (Å²) in [6.07, 6.45) is 2.73. The third-order valence-corrected chi connectivity index (χ3v) is 6.17. The van der Waals surface area contributed by atoms with Crippen molar-refractivity contribution >= 4 is 35.0 Å². The van der Waals surface area contributed by atoms with Crippen LogP contribution in [0.2, 0.25) is 5.02 Å². The number of carbonyl (C=O) groups excluding carboxylic acids is 3. The van der Waals surface area contributed by atoms with Gasteiger partial charge in [-0.15, -0.1) is 0 Å². The molecule has 0 aromatic heterocycles. The van der Waals surface area contributed by atoms with Crippen molar-refractivity contribution < 1.29 is 14.4 Å². The minimum absolute atomic E-state index is 0.0365. The number of benzene rings is 1. The third kappa shape index (κ3) is 5.88. The van der Waals surface area contributed by atoms with Gasteiger partial charge in [0.15, 0.2) is 0 Å². The fraction of sp³-hybridized carbons (Fsp3) is 0.591. The Morgan fingerprint density at radius 2 is 1.53 bits per heavy atom. The fourth-order valence-electron chi connectivity index (χ4n) is 4.05. The summed E-state index contributed by atoms with van der Waals surface area (Å²) in [6.45, 7) is 6.05. The first kappa shape index (κ1) is 22.4. The zero-order chi connectivity index (χ0) is 21.5. The number of hydrogen-bond acceptors (Lipinski definition) is 4. The second-order valence-corrected chi connectivity index (χ2v) is 8.40. The lowest BCUT2D eigenvalue weighted by molar-refractivity contribution is -0.136. The molecule has 0 bridgehead atoms. The first-order chi connectivity index (χ1) is 14.5. The van der Waals surface area contributed by atoms with E-state index in [0.29, 0.717) is 50.5 Å². The highest BCUT2D eigenvalue weighted by Crippen LogP contribution is 2.20. The van der Waals surface area contributed by atoms with E-state index in [2.05, 4.69) is 10.2 Å². The molecule has 0 radical (unpaired) electrons. The maximum absolute atomic E-state index is 12.5. The number of amides is 3. The first-order valence-electron chi connectivity index (χ1n) is 10.8. The van der Waals surface area contributed by atoms with Gasteiger partial charge in [-0.1, -0.05) is 18.5 Å². The standard InChI is InChI=1S/C22H31ClN4O3/c1-2-3-20(28)26-10-8-17(9-11-26)22(30)24-16-21(29)27-14-12-25(13-15-27)19-6-4-18(23)5-7-19/h4-7,17H,2-3,8-16H2,1H3,(H,24,30). The Labute approximate surface area is 183 Å². The molecule has 1 N–H and O–H groups in total. The molecule has 0 atom stereocenters. The largest absolute Gasteiger partial charge is 0.368 e. The zero-order valence-corrected chi connectivity index (χ0v) is 18.4. The van der Waals surface area contributed by atoms with E-state index >= 15 is 0 Å². The summed E-state index contributed by atoms with van der Waals surface area (Å²) in [5, 5.41) is 3.52. The van der Waals surface area contributed by atoms with Crippen LogP contribution in [-0.2, 0) is 14.4 Å². The maximum Gasteiger partial charge on any atom is 0.242 e. The molecule has 7 nitrogen and oxygen atoms in total. The first-order valence-corrected chi connectivity index (χ1v) is 11.2. The molecule has 3 rings (SSSR count). The molecule has 2 heterocycles. The van der Waals surface area contributed by atoms with Crippen molar-refractivity contribution in [2.75, 3.05) is 50.7 Å². The number of nitrogens with one attached hydrogen (secondary N) is 1. The van der Waals surface area contributed by atoms with Crippen LogP contribution in [0.15, 0.2) is 24.3 Å². The van der Waals surface area contributed by atoms with Gasteiger partial charge in [0.2, 0.25) is 17.7 Å². The van der Waals surface area contributed by atoms with Gasteiger partial charge in [0.05, 0.1) is 6.54 Å². The number of nitrogens with zero attached hydrogens (tertiary/aromatic N) is 3. The predicted molar refractivity (Wildman–Crippen MR) is 117 cm³/mol. The summed E-state index contributed by atoms with van der Waals surface area (Å²) in [5.74, 6) is -0.0742. The highest BCUT2D eigenvalue weighted by molar-refractivity contribution is 6.30. The van der Waals surface area contributed by atoms with Crippen LogP contribution in [0, 0.1) is 5.92 Å². The van der Waals surface area contributed by atoms with E-state index < -0.39 is 0 Å². The molecule has 1 aromatic rings. The van der Waals surface area contributed by atoms with Crippen LogP contribution in [0.3, 0.4) is 0 Å². The Morgan fingerprint density at radius 1 is 0.933 bits per heavy atom. The van der Waals surface area contributed by atoms with Crippen molar-refractivity contribution in [1.29, 1.82) is 0 Å². The smallest absolute Gasteiger partial charge is 0.242 e. The highest BCUT2D eigenvalue weighted by atomic mass is 35.5. The van der Waals surface area contributed by atoms with Crippen molar-refractivity contribution in [3.63, 3.8) is 0 Å². The number of halogens is 1. The number of anilines is 1. The Morgan fingerprint density at radius 3 is 2.13 bits per heavy atom. The van der Waals surface area contributed by atoms with Gasteiger partial charge in [0.25, 0.3) is 0 Å². The molecule has 0 saturated carbocycles. The third-order valence-electron chi connectivity index (χ3n) is 5.92. The Hall–Kier alpha value is -2.28. The molecule has 2 saturated heterocycles. The highest BCUT2D eigenvalue weighted by Gasteiger charge is 2.28. The summed E-state index contributed by atoms with van der Waals surface area (Å²) < 4.78 is 0. The van der Waals surface area contributed by atoms with E-state index in [4.69, 9.17) is 11.6 Å². The number of piperazine rings is 1. The van der Waals surface area contributed by atoms with Crippen molar-refractivity contribution in [2.45, 2.75) is 32.6 Å². The molecule has 3 amide bonds. The van der Waals surface area contributed by atoms with Gasteiger partial charge >= 0.3 is 0 Å². The molecule has 2 fully saturated rings. The van der Waals surface area contributed by atoms with Crippen LogP contribution < -0.4 is 10.2 Å². The quantitative estimate of drug-likeness (QED) is 0.744. The van der Waals surface area contributed by atoms with E-state index in [1.54, 1.807) is 4.90 Å². The molecular formula is C22H31ClN4O3. The molecule has 0 unspecified atom stereocenters. The average molecular weight is 435 g/mol. The fourth-order valence-corrected chi connectivity index (χ4v) is 4.17. The molecule has 164 valence electrons. The van der Waals surface area contributed by atoms with E-state index in [0.717, 1.165) is 25.2 Å².